The molecule has 1 heterocycles. The van der Waals surface area contributed by atoms with Gasteiger partial charge < -0.3 is 14.2 Å². The van der Waals surface area contributed by atoms with E-state index in [0.29, 0.717) is 30.4 Å². The number of rotatable bonds is 3. The highest BCUT2D eigenvalue weighted by molar-refractivity contribution is 5.97. The summed E-state index contributed by atoms with van der Waals surface area (Å²) in [6.45, 7) is 10.0. The fraction of sp³-hybridized carbons (Fsp3) is 0.520. The van der Waals surface area contributed by atoms with E-state index in [4.69, 9.17) is 14.2 Å². The van der Waals surface area contributed by atoms with E-state index in [0.717, 1.165) is 16.7 Å². The Bertz CT molecular complexity index is 1110. The number of fused-ring (bicyclic) bond motifs is 5. The van der Waals surface area contributed by atoms with Crippen LogP contribution in [0, 0.1) is 12.3 Å². The largest absolute Gasteiger partial charge is 0.461 e. The molecule has 7 heteroatoms. The van der Waals surface area contributed by atoms with E-state index >= 15 is 0 Å². The minimum Gasteiger partial charge on any atom is -0.461 e. The lowest BCUT2D eigenvalue weighted by molar-refractivity contribution is -0.142. The number of hydrogen-bond donors (Lipinski definition) is 0. The summed E-state index contributed by atoms with van der Waals surface area (Å²) in [5.41, 5.74) is 2.99. The van der Waals surface area contributed by atoms with Crippen molar-refractivity contribution in [3.05, 3.63) is 33.9 Å². The normalized spacial score (nSPS) is 28.3. The highest BCUT2D eigenvalue weighted by atomic mass is 16.6. The van der Waals surface area contributed by atoms with Crippen molar-refractivity contribution in [2.24, 2.45) is 5.41 Å². The second-order valence-electron chi connectivity index (χ2n) is 9.57. The Kier molecular flexibility index (Phi) is 5.07. The summed E-state index contributed by atoms with van der Waals surface area (Å²) in [4.78, 5) is 48.7. The Labute approximate surface area is 187 Å². The third-order valence-electron chi connectivity index (χ3n) is 7.32. The van der Waals surface area contributed by atoms with Gasteiger partial charge in [-0.1, -0.05) is 13.8 Å². The molecule has 4 rings (SSSR count). The minimum atomic E-state index is -0.577. The van der Waals surface area contributed by atoms with E-state index in [2.05, 4.69) is 6.92 Å². The van der Waals surface area contributed by atoms with Crippen LogP contribution in [0.25, 0.3) is 0 Å². The molecule has 1 aromatic carbocycles. The fourth-order valence-electron chi connectivity index (χ4n) is 6.09. The van der Waals surface area contributed by atoms with Crippen LogP contribution in [-0.2, 0) is 35.8 Å². The summed E-state index contributed by atoms with van der Waals surface area (Å²) in [5.74, 6) is -0.964. The summed E-state index contributed by atoms with van der Waals surface area (Å²) in [5, 5.41) is 0. The smallest absolute Gasteiger partial charge is 0.308 e. The Morgan fingerprint density at radius 1 is 1.09 bits per heavy atom. The maximum atomic E-state index is 12.9. The maximum Gasteiger partial charge on any atom is 0.308 e. The minimum absolute atomic E-state index is 0.0457. The van der Waals surface area contributed by atoms with E-state index in [9.17, 15) is 19.2 Å². The first-order valence-electron chi connectivity index (χ1n) is 10.9. The molecular formula is C25H28O7. The molecule has 2 fully saturated rings. The Hall–Kier alpha value is -2.96. The second-order valence-corrected chi connectivity index (χ2v) is 9.57. The van der Waals surface area contributed by atoms with E-state index in [-0.39, 0.29) is 35.8 Å². The van der Waals surface area contributed by atoms with Gasteiger partial charge in [0, 0.05) is 31.1 Å². The van der Waals surface area contributed by atoms with Gasteiger partial charge in [-0.05, 0) is 60.6 Å². The summed E-state index contributed by atoms with van der Waals surface area (Å²) < 4.78 is 16.5. The molecule has 1 aliphatic heterocycles. The predicted octanol–water partition coefficient (Wildman–Crippen LogP) is 3.66. The molecule has 1 saturated carbocycles. The molecule has 0 N–H and O–H groups in total. The molecule has 170 valence electrons. The van der Waals surface area contributed by atoms with Gasteiger partial charge in [0.25, 0.3) is 0 Å². The maximum absolute atomic E-state index is 12.9. The molecule has 7 nitrogen and oxygen atoms in total. The van der Waals surface area contributed by atoms with Gasteiger partial charge in [0.05, 0.1) is 6.42 Å². The van der Waals surface area contributed by atoms with Crippen LogP contribution in [-0.4, -0.2) is 29.8 Å². The first-order chi connectivity index (χ1) is 14.9. The molecule has 32 heavy (non-hydrogen) atoms. The van der Waals surface area contributed by atoms with Crippen LogP contribution in [0.3, 0.4) is 0 Å². The standard InChI is InChI=1S/C25H28O7/c1-12-16-9-17(13(2)26)23-24(5,8-7-20-25(23,6)11-21(29)32-20)18(16)10-19(30-14(3)27)22(12)31-15(4)28/h10,20H,7-9,11H2,1-6H3/t20-,24+,25+/m1/s1. The summed E-state index contributed by atoms with van der Waals surface area (Å²) in [6.07, 6.45) is 1.66. The van der Waals surface area contributed by atoms with Crippen LogP contribution in [0.1, 0.15) is 70.6 Å². The summed E-state index contributed by atoms with van der Waals surface area (Å²) in [6, 6.07) is 1.76. The van der Waals surface area contributed by atoms with Gasteiger partial charge in [-0.25, -0.2) is 0 Å². The molecule has 2 aliphatic carbocycles. The Morgan fingerprint density at radius 2 is 1.75 bits per heavy atom. The number of carbonyl (C=O) groups excluding carboxylic acids is 4. The zero-order valence-corrected chi connectivity index (χ0v) is 19.3. The average molecular weight is 440 g/mol. The number of Topliss-reactive ketones (excluding diaryl/α,β-unsaturated/α-hetero) is 1. The Balaban J connectivity index is 2.00. The number of benzene rings is 1. The lowest BCUT2D eigenvalue weighted by Crippen LogP contribution is -2.48. The van der Waals surface area contributed by atoms with Gasteiger partial charge in [0.15, 0.2) is 17.3 Å². The summed E-state index contributed by atoms with van der Waals surface area (Å²) >= 11 is 0. The molecule has 0 spiro atoms. The van der Waals surface area contributed by atoms with Crippen LogP contribution >= 0.6 is 0 Å². The zero-order chi connectivity index (χ0) is 23.6. The van der Waals surface area contributed by atoms with E-state index in [1.165, 1.54) is 13.8 Å². The number of ether oxygens (including phenoxy) is 3. The van der Waals surface area contributed by atoms with Gasteiger partial charge >= 0.3 is 17.9 Å². The SMILES string of the molecule is CC(=O)Oc1cc2c(c(C)c1OC(C)=O)CC(C(C)=O)=C1[C@@]2(C)CC[C@H]2OC(=O)C[C@]12C. The molecule has 0 amide bonds. The number of hydrogen-bond acceptors (Lipinski definition) is 7. The topological polar surface area (TPSA) is 96.0 Å². The van der Waals surface area contributed by atoms with Crippen molar-refractivity contribution in [2.75, 3.05) is 0 Å². The van der Waals surface area contributed by atoms with Gasteiger partial charge in [-0.2, -0.15) is 0 Å². The second kappa shape index (κ2) is 7.29. The van der Waals surface area contributed by atoms with Crippen LogP contribution in [0.4, 0.5) is 0 Å². The van der Waals surface area contributed by atoms with Crippen molar-refractivity contribution < 1.29 is 33.4 Å². The van der Waals surface area contributed by atoms with Crippen LogP contribution < -0.4 is 9.47 Å². The summed E-state index contributed by atoms with van der Waals surface area (Å²) in [7, 11) is 0. The number of allylic oxidation sites excluding steroid dienone is 1. The van der Waals surface area contributed by atoms with Gasteiger partial charge in [-0.3, -0.25) is 19.2 Å². The van der Waals surface area contributed by atoms with Gasteiger partial charge in [0.1, 0.15) is 6.10 Å². The molecule has 1 aromatic rings. The molecule has 0 bridgehead atoms. The van der Waals surface area contributed by atoms with Gasteiger partial charge in [0.2, 0.25) is 0 Å². The lowest BCUT2D eigenvalue weighted by atomic mass is 9.51. The molecule has 0 radical (unpaired) electrons. The highest BCUT2D eigenvalue weighted by Gasteiger charge is 2.59. The number of esters is 3. The van der Waals surface area contributed by atoms with E-state index in [1.54, 1.807) is 13.0 Å². The fourth-order valence-corrected chi connectivity index (χ4v) is 6.09. The van der Waals surface area contributed by atoms with E-state index in [1.807, 2.05) is 13.8 Å². The third-order valence-corrected chi connectivity index (χ3v) is 7.32. The monoisotopic (exact) mass is 440 g/mol. The number of carbonyl (C=O) groups is 4. The van der Waals surface area contributed by atoms with Crippen molar-refractivity contribution in [3.8, 4) is 11.5 Å². The third kappa shape index (κ3) is 3.17. The lowest BCUT2D eigenvalue weighted by Gasteiger charge is -2.52. The Morgan fingerprint density at radius 3 is 2.34 bits per heavy atom. The van der Waals surface area contributed by atoms with Crippen LogP contribution in [0.2, 0.25) is 0 Å². The average Bonchev–Trinajstić information content (AvgIpc) is 2.97. The molecule has 1 saturated heterocycles. The molecule has 0 aromatic heterocycles. The highest BCUT2D eigenvalue weighted by Crippen LogP contribution is 2.61. The molecule has 0 unspecified atom stereocenters. The molecule has 3 aliphatic rings. The zero-order valence-electron chi connectivity index (χ0n) is 19.3. The van der Waals surface area contributed by atoms with Gasteiger partial charge in [-0.15, -0.1) is 0 Å². The van der Waals surface area contributed by atoms with Crippen molar-refractivity contribution in [3.63, 3.8) is 0 Å². The first kappa shape index (κ1) is 22.2. The van der Waals surface area contributed by atoms with E-state index < -0.39 is 22.8 Å². The van der Waals surface area contributed by atoms with Crippen molar-refractivity contribution in [2.45, 2.75) is 78.7 Å². The van der Waals surface area contributed by atoms with Crippen molar-refractivity contribution in [1.29, 1.82) is 0 Å². The first-order valence-corrected chi connectivity index (χ1v) is 10.9. The molecule has 3 atom stereocenters. The van der Waals surface area contributed by atoms with Crippen LogP contribution in [0.5, 0.6) is 11.5 Å². The quantitative estimate of drug-likeness (QED) is 0.523. The molecular weight excluding hydrogens is 412 g/mol. The van der Waals surface area contributed by atoms with Crippen LogP contribution in [0.15, 0.2) is 17.2 Å². The number of ketones is 1. The van der Waals surface area contributed by atoms with Crippen molar-refractivity contribution >= 4 is 23.7 Å². The van der Waals surface area contributed by atoms with Crippen molar-refractivity contribution in [1.82, 2.24) is 0 Å². The predicted molar refractivity (Wildman–Crippen MR) is 114 cm³/mol.